The lowest BCUT2D eigenvalue weighted by atomic mass is 10.0. The summed E-state index contributed by atoms with van der Waals surface area (Å²) in [6, 6.07) is 6.39. The van der Waals surface area contributed by atoms with Gasteiger partial charge in [0.25, 0.3) is 17.5 Å². The number of nitrogens with one attached hydrogen (secondary N) is 4. The number of hydrogen-bond donors (Lipinski definition) is 5. The molecule has 0 spiro atoms. The molecule has 2 atom stereocenters. The third-order valence-electron chi connectivity index (χ3n) is 8.58. The summed E-state index contributed by atoms with van der Waals surface area (Å²) in [7, 11) is 0. The smallest absolute Gasteiger partial charge is 0.393 e. The molecule has 2 aliphatic heterocycles. The third kappa shape index (κ3) is 7.69. The van der Waals surface area contributed by atoms with Gasteiger partial charge in [0.05, 0.1) is 50.8 Å². The van der Waals surface area contributed by atoms with Crippen LogP contribution in [0.3, 0.4) is 0 Å². The van der Waals surface area contributed by atoms with E-state index in [1.165, 1.54) is 12.1 Å². The Bertz CT molecular complexity index is 1960. The second-order valence-corrected chi connectivity index (χ2v) is 12.3. The van der Waals surface area contributed by atoms with E-state index >= 15 is 0 Å². The van der Waals surface area contributed by atoms with Crippen molar-refractivity contribution in [3.63, 3.8) is 0 Å². The van der Waals surface area contributed by atoms with E-state index in [1.54, 1.807) is 15.9 Å². The number of piperazine rings is 1. The third-order valence-corrected chi connectivity index (χ3v) is 8.89. The maximum absolute atomic E-state index is 13.9. The van der Waals surface area contributed by atoms with E-state index in [1.807, 2.05) is 5.10 Å². The fourth-order valence-corrected chi connectivity index (χ4v) is 6.19. The molecule has 0 radical (unpaired) electrons. The van der Waals surface area contributed by atoms with Gasteiger partial charge in [0.1, 0.15) is 17.6 Å². The number of rotatable bonds is 8. The lowest BCUT2D eigenvalue weighted by molar-refractivity contribution is -0.385. The van der Waals surface area contributed by atoms with E-state index < -0.39 is 40.4 Å². The number of pyridine rings is 1. The topological polar surface area (TPSA) is 215 Å². The first-order valence-electron chi connectivity index (χ1n) is 15.7. The number of aliphatic hydroxyl groups is 1. The van der Waals surface area contributed by atoms with Gasteiger partial charge in [0.15, 0.2) is 5.82 Å². The summed E-state index contributed by atoms with van der Waals surface area (Å²) in [5.74, 6) is -1.49. The van der Waals surface area contributed by atoms with Crippen LogP contribution in [-0.4, -0.2) is 108 Å². The van der Waals surface area contributed by atoms with Crippen molar-refractivity contribution in [1.29, 1.82) is 0 Å². The van der Waals surface area contributed by atoms with Crippen molar-refractivity contribution in [1.82, 2.24) is 45.6 Å². The summed E-state index contributed by atoms with van der Waals surface area (Å²) in [6.45, 7) is 1.77. The minimum absolute atomic E-state index is 0.0643. The molecule has 0 bridgehead atoms. The maximum Gasteiger partial charge on any atom is 0.433 e. The summed E-state index contributed by atoms with van der Waals surface area (Å²) in [5.41, 5.74) is -1.92. The molecule has 268 valence electrons. The highest BCUT2D eigenvalue weighted by Gasteiger charge is 2.39. The predicted octanol–water partition coefficient (Wildman–Crippen LogP) is 2.77. The van der Waals surface area contributed by atoms with Gasteiger partial charge >= 0.3 is 6.18 Å². The Kier molecular flexibility index (Phi) is 10.0. The summed E-state index contributed by atoms with van der Waals surface area (Å²) in [5, 5.41) is 32.4. The number of piperidine rings is 1. The number of amides is 3. The van der Waals surface area contributed by atoms with Gasteiger partial charge in [-0.25, -0.2) is 9.97 Å². The molecule has 5 heterocycles. The van der Waals surface area contributed by atoms with Gasteiger partial charge in [-0.2, -0.15) is 18.3 Å². The zero-order chi connectivity index (χ0) is 36.4. The number of carbonyl (C=O) groups excluding carboxylic acids is 3. The molecule has 16 nitrogen and oxygen atoms in total. The first-order chi connectivity index (χ1) is 24.3. The second-order valence-electron chi connectivity index (χ2n) is 11.9. The van der Waals surface area contributed by atoms with Crippen LogP contribution in [0.25, 0.3) is 22.6 Å². The van der Waals surface area contributed by atoms with Crippen molar-refractivity contribution in [2.45, 2.75) is 37.7 Å². The van der Waals surface area contributed by atoms with Crippen molar-refractivity contribution in [3.05, 3.63) is 80.5 Å². The molecular weight excluding hydrogens is 701 g/mol. The zero-order valence-corrected chi connectivity index (χ0v) is 27.3. The Morgan fingerprint density at radius 2 is 1.82 bits per heavy atom. The highest BCUT2D eigenvalue weighted by molar-refractivity contribution is 6.33. The molecule has 6 rings (SSSR count). The molecule has 3 aromatic heterocycles. The summed E-state index contributed by atoms with van der Waals surface area (Å²) in [6.07, 6.45) is -2.55. The van der Waals surface area contributed by atoms with E-state index in [4.69, 9.17) is 11.6 Å². The van der Waals surface area contributed by atoms with Crippen LogP contribution < -0.4 is 10.6 Å². The number of benzene rings is 1. The van der Waals surface area contributed by atoms with Crippen LogP contribution in [0.2, 0.25) is 5.02 Å². The first-order valence-corrected chi connectivity index (χ1v) is 16.1. The van der Waals surface area contributed by atoms with Gasteiger partial charge in [0.2, 0.25) is 5.91 Å². The number of carbonyl (C=O) groups is 3. The normalized spacial score (nSPS) is 18.1. The molecule has 20 heteroatoms. The van der Waals surface area contributed by atoms with Crippen LogP contribution in [0.5, 0.6) is 0 Å². The van der Waals surface area contributed by atoms with Crippen molar-refractivity contribution in [2.75, 3.05) is 32.7 Å². The quantitative estimate of drug-likeness (QED) is 0.132. The lowest BCUT2D eigenvalue weighted by Crippen LogP contribution is -2.57. The number of nitrogens with zero attached hydrogens (tertiary/aromatic N) is 6. The number of alkyl halides is 3. The number of aromatic amines is 2. The van der Waals surface area contributed by atoms with Crippen LogP contribution in [-0.2, 0) is 17.5 Å². The van der Waals surface area contributed by atoms with Crippen LogP contribution in [0.1, 0.15) is 45.1 Å². The molecule has 0 aliphatic carbocycles. The molecule has 51 heavy (non-hydrogen) atoms. The van der Waals surface area contributed by atoms with E-state index in [2.05, 4.69) is 30.7 Å². The van der Waals surface area contributed by atoms with Crippen molar-refractivity contribution >= 4 is 35.0 Å². The van der Waals surface area contributed by atoms with Gasteiger partial charge in [0, 0.05) is 38.8 Å². The highest BCUT2D eigenvalue weighted by atomic mass is 35.5. The number of H-pyrrole nitrogens is 2. The van der Waals surface area contributed by atoms with E-state index in [-0.39, 0.29) is 57.5 Å². The minimum Gasteiger partial charge on any atom is -0.393 e. The Labute approximate surface area is 291 Å². The van der Waals surface area contributed by atoms with Crippen LogP contribution >= 0.6 is 11.6 Å². The standard InChI is InChI=1S/C31H30ClF3N10O6/c32-20-11-16(1-3-19(20)29(48)43-7-9-44(10-8-43)30(49)22-12-18(46)5-6-36-22)13-39-28(47)27-38-15-23(40-27)24-25(41-42-26(24)31(33,34)35)21-4-2-17(14-37-21)45(50)51/h1-4,11,14-15,18,22,36,46H,5-10,12-13H2,(H,38,40)(H,39,47)(H,41,42)/t18?,22-/m0/s1. The fourth-order valence-electron chi connectivity index (χ4n) is 5.91. The summed E-state index contributed by atoms with van der Waals surface area (Å²) >= 11 is 6.46. The Morgan fingerprint density at radius 1 is 1.08 bits per heavy atom. The highest BCUT2D eigenvalue weighted by Crippen LogP contribution is 2.40. The van der Waals surface area contributed by atoms with E-state index in [9.17, 15) is 42.8 Å². The summed E-state index contributed by atoms with van der Waals surface area (Å²) in [4.78, 5) is 63.0. The van der Waals surface area contributed by atoms with Crippen LogP contribution in [0.4, 0.5) is 18.9 Å². The number of imidazole rings is 1. The Balaban J connectivity index is 1.08. The Hall–Kier alpha value is -5.40. The fraction of sp³-hybridized carbons (Fsp3) is 0.355. The molecule has 0 saturated carbocycles. The molecule has 4 aromatic rings. The largest absolute Gasteiger partial charge is 0.433 e. The van der Waals surface area contributed by atoms with Gasteiger partial charge in [-0.05, 0) is 43.1 Å². The van der Waals surface area contributed by atoms with E-state index in [0.29, 0.717) is 51.1 Å². The number of nitro groups is 1. The zero-order valence-electron chi connectivity index (χ0n) is 26.5. The second kappa shape index (κ2) is 14.4. The SMILES string of the molecule is O=C(NCc1ccc(C(=O)N2CCN(C(=O)[C@@H]3CC(O)CCN3)CC2)c(Cl)c1)c1ncc(-c2c(-c3ccc([N+](=O)[O-])cn3)n[nH]c2C(F)(F)F)[nH]1. The molecule has 2 saturated heterocycles. The molecule has 5 N–H and O–H groups in total. The van der Waals surface area contributed by atoms with Crippen molar-refractivity contribution in [3.8, 4) is 22.6 Å². The van der Waals surface area contributed by atoms with Gasteiger partial charge < -0.3 is 30.5 Å². The monoisotopic (exact) mass is 730 g/mol. The van der Waals surface area contributed by atoms with Crippen LogP contribution in [0.15, 0.2) is 42.7 Å². The van der Waals surface area contributed by atoms with Crippen molar-refractivity contribution in [2.24, 2.45) is 0 Å². The number of aliphatic hydroxyl groups excluding tert-OH is 1. The molecule has 1 aromatic carbocycles. The molecule has 2 aliphatic rings. The van der Waals surface area contributed by atoms with Crippen molar-refractivity contribution < 1.29 is 37.6 Å². The maximum atomic E-state index is 13.9. The molecule has 1 unspecified atom stereocenters. The minimum atomic E-state index is -4.88. The van der Waals surface area contributed by atoms with Gasteiger partial charge in [-0.3, -0.25) is 29.6 Å². The van der Waals surface area contributed by atoms with Gasteiger partial charge in [-0.15, -0.1) is 0 Å². The lowest BCUT2D eigenvalue weighted by Gasteiger charge is -2.38. The summed E-state index contributed by atoms with van der Waals surface area (Å²) < 4.78 is 41.7. The number of halogens is 4. The van der Waals surface area contributed by atoms with E-state index in [0.717, 1.165) is 24.5 Å². The number of aromatic nitrogens is 5. The average Bonchev–Trinajstić information content (AvgIpc) is 3.79. The van der Waals surface area contributed by atoms with Gasteiger partial charge in [-0.1, -0.05) is 17.7 Å². The molecule has 2 fully saturated rings. The first kappa shape index (κ1) is 35.4. The molecular formula is C31H30ClF3N10O6. The Morgan fingerprint density at radius 3 is 2.47 bits per heavy atom. The van der Waals surface area contributed by atoms with Crippen LogP contribution in [0, 0.1) is 10.1 Å². The average molecular weight is 731 g/mol. The predicted molar refractivity (Wildman–Crippen MR) is 173 cm³/mol. The molecule has 3 amide bonds. The number of hydrogen-bond acceptors (Lipinski definition) is 10.